The van der Waals surface area contributed by atoms with Gasteiger partial charge in [0.1, 0.15) is 0 Å². The molecular weight excluding hydrogens is 302 g/mol. The molecule has 0 aliphatic heterocycles. The van der Waals surface area contributed by atoms with E-state index in [1.165, 1.54) is 30.0 Å². The van der Waals surface area contributed by atoms with Crippen molar-refractivity contribution in [2.75, 3.05) is 23.8 Å². The Morgan fingerprint density at radius 1 is 1.05 bits per heavy atom. The molecule has 0 unspecified atom stereocenters. The minimum absolute atomic E-state index is 0.986. The second kappa shape index (κ2) is 6.85. The number of benzene rings is 1. The Bertz CT molecular complexity index is 542. The quantitative estimate of drug-likeness (QED) is 0.596. The van der Waals surface area contributed by atoms with Crippen molar-refractivity contribution >= 4 is 32.5 Å². The van der Waals surface area contributed by atoms with Crippen molar-refractivity contribution in [3.05, 3.63) is 30.0 Å². The number of hydrogen-bond acceptors (Lipinski definition) is 3. The van der Waals surface area contributed by atoms with Crippen LogP contribution < -0.4 is 4.90 Å². The first kappa shape index (κ1) is 14.3. The summed E-state index contributed by atoms with van der Waals surface area (Å²) in [5.74, 6) is 0.986. The van der Waals surface area contributed by atoms with Gasteiger partial charge in [0, 0.05) is 29.7 Å². The summed E-state index contributed by atoms with van der Waals surface area (Å²) < 4.78 is 0. The third-order valence-corrected chi connectivity index (χ3v) is 3.90. The molecule has 3 nitrogen and oxygen atoms in total. The number of anilines is 1. The van der Waals surface area contributed by atoms with Crippen molar-refractivity contribution in [2.45, 2.75) is 26.2 Å². The van der Waals surface area contributed by atoms with E-state index in [0.717, 1.165) is 23.4 Å². The fraction of sp³-hybridized carbons (Fsp3) is 0.467. The van der Waals surface area contributed by atoms with Crippen LogP contribution in [0, 0.1) is 6.92 Å². The lowest BCUT2D eigenvalue weighted by Crippen LogP contribution is -2.20. The number of aromatic nitrogens is 2. The number of fused-ring (bicyclic) bond motifs is 1. The number of hydrogen-bond donors (Lipinski definition) is 0. The van der Waals surface area contributed by atoms with Crippen LogP contribution in [0.5, 0.6) is 0 Å². The van der Waals surface area contributed by atoms with Crippen LogP contribution in [0.2, 0.25) is 0 Å². The zero-order valence-corrected chi connectivity index (χ0v) is 13.2. The van der Waals surface area contributed by atoms with Gasteiger partial charge in [-0.15, -0.1) is 5.10 Å². The van der Waals surface area contributed by atoms with Gasteiger partial charge in [-0.2, -0.15) is 5.10 Å². The van der Waals surface area contributed by atoms with E-state index < -0.39 is 0 Å². The van der Waals surface area contributed by atoms with E-state index in [0.29, 0.717) is 0 Å². The van der Waals surface area contributed by atoms with Crippen molar-refractivity contribution in [1.82, 2.24) is 10.2 Å². The normalized spacial score (nSPS) is 10.9. The summed E-state index contributed by atoms with van der Waals surface area (Å²) in [6.45, 7) is 3.03. The monoisotopic (exact) mass is 321 g/mol. The zero-order valence-electron chi connectivity index (χ0n) is 11.6. The highest BCUT2D eigenvalue weighted by Gasteiger charge is 2.09. The first-order chi connectivity index (χ1) is 9.24. The molecule has 0 bridgehead atoms. The maximum atomic E-state index is 4.37. The highest BCUT2D eigenvalue weighted by Crippen LogP contribution is 2.24. The van der Waals surface area contributed by atoms with E-state index >= 15 is 0 Å². The highest BCUT2D eigenvalue weighted by atomic mass is 79.9. The maximum Gasteiger partial charge on any atom is 0.158 e. The Hall–Kier alpha value is -1.16. The van der Waals surface area contributed by atoms with Gasteiger partial charge < -0.3 is 4.90 Å². The second-order valence-electron chi connectivity index (χ2n) is 4.83. The smallest absolute Gasteiger partial charge is 0.158 e. The van der Waals surface area contributed by atoms with E-state index in [1.54, 1.807) is 0 Å². The molecule has 1 heterocycles. The van der Waals surface area contributed by atoms with Crippen LogP contribution in [0.3, 0.4) is 0 Å². The standard InChI is InChI=1S/C15H20BrN3/c1-12-13-8-4-5-9-14(13)15(18-17-12)19(2)11-7-3-6-10-16/h4-5,8-9H,3,6-7,10-11H2,1-2H3. The van der Waals surface area contributed by atoms with Crippen LogP contribution in [0.4, 0.5) is 5.82 Å². The Morgan fingerprint density at radius 2 is 1.79 bits per heavy atom. The molecule has 0 saturated heterocycles. The molecule has 0 fully saturated rings. The van der Waals surface area contributed by atoms with Gasteiger partial charge in [0.2, 0.25) is 0 Å². The first-order valence-electron chi connectivity index (χ1n) is 6.73. The number of rotatable bonds is 6. The molecule has 0 aliphatic rings. The summed E-state index contributed by atoms with van der Waals surface area (Å²) in [6, 6.07) is 8.35. The lowest BCUT2D eigenvalue weighted by molar-refractivity contribution is 0.705. The number of nitrogens with zero attached hydrogens (tertiary/aromatic N) is 3. The fourth-order valence-electron chi connectivity index (χ4n) is 2.23. The largest absolute Gasteiger partial charge is 0.358 e. The number of halogens is 1. The van der Waals surface area contributed by atoms with Crippen molar-refractivity contribution < 1.29 is 0 Å². The van der Waals surface area contributed by atoms with Gasteiger partial charge in [-0.1, -0.05) is 46.6 Å². The Kier molecular flexibility index (Phi) is 5.14. The van der Waals surface area contributed by atoms with E-state index in [2.05, 4.69) is 62.3 Å². The fourth-order valence-corrected chi connectivity index (χ4v) is 2.63. The third-order valence-electron chi connectivity index (χ3n) is 3.34. The van der Waals surface area contributed by atoms with Gasteiger partial charge in [-0.25, -0.2) is 0 Å². The molecule has 0 spiro atoms. The molecule has 0 radical (unpaired) electrons. The molecular formula is C15H20BrN3. The summed E-state index contributed by atoms with van der Waals surface area (Å²) in [7, 11) is 2.10. The van der Waals surface area contributed by atoms with Crippen molar-refractivity contribution in [3.8, 4) is 0 Å². The Labute approximate surface area is 123 Å². The molecule has 102 valence electrons. The van der Waals surface area contributed by atoms with Crippen LogP contribution in [-0.2, 0) is 0 Å². The molecule has 2 aromatic rings. The summed E-state index contributed by atoms with van der Waals surface area (Å²) in [5.41, 5.74) is 0.993. The highest BCUT2D eigenvalue weighted by molar-refractivity contribution is 9.09. The first-order valence-corrected chi connectivity index (χ1v) is 7.85. The van der Waals surface area contributed by atoms with Gasteiger partial charge in [-0.05, 0) is 19.8 Å². The summed E-state index contributed by atoms with van der Waals surface area (Å²) >= 11 is 3.47. The van der Waals surface area contributed by atoms with Gasteiger partial charge in [-0.3, -0.25) is 0 Å². The van der Waals surface area contributed by atoms with Crippen LogP contribution in [0.1, 0.15) is 25.0 Å². The Morgan fingerprint density at radius 3 is 2.53 bits per heavy atom. The molecule has 0 N–H and O–H groups in total. The van der Waals surface area contributed by atoms with E-state index in [1.807, 2.05) is 6.92 Å². The lowest BCUT2D eigenvalue weighted by Gasteiger charge is -2.19. The van der Waals surface area contributed by atoms with Crippen LogP contribution in [0.25, 0.3) is 10.8 Å². The maximum absolute atomic E-state index is 4.37. The molecule has 19 heavy (non-hydrogen) atoms. The minimum Gasteiger partial charge on any atom is -0.358 e. The topological polar surface area (TPSA) is 29.0 Å². The van der Waals surface area contributed by atoms with Crippen molar-refractivity contribution in [3.63, 3.8) is 0 Å². The predicted molar refractivity (Wildman–Crippen MR) is 85.2 cm³/mol. The number of unbranched alkanes of at least 4 members (excludes halogenated alkanes) is 2. The molecule has 0 aliphatic carbocycles. The summed E-state index contributed by atoms with van der Waals surface area (Å²) in [6.07, 6.45) is 3.66. The minimum atomic E-state index is 0.986. The zero-order chi connectivity index (χ0) is 13.7. The number of aryl methyl sites for hydroxylation is 1. The molecule has 1 aromatic carbocycles. The van der Waals surface area contributed by atoms with E-state index in [4.69, 9.17) is 0 Å². The molecule has 0 saturated carbocycles. The predicted octanol–water partition coefficient (Wildman–Crippen LogP) is 3.94. The van der Waals surface area contributed by atoms with Crippen molar-refractivity contribution in [1.29, 1.82) is 0 Å². The van der Waals surface area contributed by atoms with Gasteiger partial charge in [0.25, 0.3) is 0 Å². The average molecular weight is 322 g/mol. The van der Waals surface area contributed by atoms with Gasteiger partial charge >= 0.3 is 0 Å². The molecule has 0 amide bonds. The summed E-state index contributed by atoms with van der Waals surface area (Å²) in [4.78, 5) is 2.21. The summed E-state index contributed by atoms with van der Waals surface area (Å²) in [5, 5.41) is 12.1. The Balaban J connectivity index is 2.18. The van der Waals surface area contributed by atoms with Crippen LogP contribution in [-0.4, -0.2) is 29.1 Å². The number of alkyl halides is 1. The van der Waals surface area contributed by atoms with Crippen LogP contribution >= 0.6 is 15.9 Å². The van der Waals surface area contributed by atoms with Crippen molar-refractivity contribution in [2.24, 2.45) is 0 Å². The average Bonchev–Trinajstić information content (AvgIpc) is 2.44. The lowest BCUT2D eigenvalue weighted by atomic mass is 10.1. The second-order valence-corrected chi connectivity index (χ2v) is 5.62. The molecule has 1 aromatic heterocycles. The molecule has 2 rings (SSSR count). The molecule has 0 atom stereocenters. The van der Waals surface area contributed by atoms with Crippen LogP contribution in [0.15, 0.2) is 24.3 Å². The van der Waals surface area contributed by atoms with E-state index in [-0.39, 0.29) is 0 Å². The molecule has 4 heteroatoms. The van der Waals surface area contributed by atoms with E-state index in [9.17, 15) is 0 Å². The van der Waals surface area contributed by atoms with Gasteiger partial charge in [0.05, 0.1) is 5.69 Å². The SMILES string of the molecule is Cc1nnc(N(C)CCCCCBr)c2ccccc12. The third kappa shape index (κ3) is 3.44. The van der Waals surface area contributed by atoms with Gasteiger partial charge in [0.15, 0.2) is 5.82 Å².